The molecule has 0 aliphatic carbocycles. The van der Waals surface area contributed by atoms with Crippen LogP contribution in [0.1, 0.15) is 10.4 Å². The largest absolute Gasteiger partial charge is 0.379 e. The zero-order valence-electron chi connectivity index (χ0n) is 12.8. The number of benzene rings is 1. The number of amides is 1. The second kappa shape index (κ2) is 7.12. The highest BCUT2D eigenvalue weighted by Gasteiger charge is 2.34. The number of rotatable bonds is 5. The van der Waals surface area contributed by atoms with Gasteiger partial charge in [0, 0.05) is 25.6 Å². The smallest absolute Gasteiger partial charge is 0.251 e. The fourth-order valence-corrected chi connectivity index (χ4v) is 3.52. The standard InChI is InChI=1S/C14H18ClFN2O4S/c1-18(2)23(20,21)8-10-6-22-7-13(10)17-14(19)9-3-4-11(15)12(16)5-9/h3-5,10,13H,6-8H2,1-2H3,(H,17,19)/t10-,13+/m0/s1. The number of carbonyl (C=O) groups excluding carboxylic acids is 1. The van der Waals surface area contributed by atoms with Gasteiger partial charge in [0.2, 0.25) is 10.0 Å². The Hall–Kier alpha value is -1.22. The molecule has 1 aromatic rings. The first-order valence-corrected chi connectivity index (χ1v) is 8.93. The quantitative estimate of drug-likeness (QED) is 0.849. The fraction of sp³-hybridized carbons (Fsp3) is 0.500. The van der Waals surface area contributed by atoms with Gasteiger partial charge < -0.3 is 10.1 Å². The van der Waals surface area contributed by atoms with E-state index in [1.165, 1.54) is 26.2 Å². The zero-order chi connectivity index (χ0) is 17.2. The summed E-state index contributed by atoms with van der Waals surface area (Å²) in [7, 11) is -0.496. The number of ether oxygens (including phenoxy) is 1. The number of halogens is 2. The molecule has 23 heavy (non-hydrogen) atoms. The molecular weight excluding hydrogens is 347 g/mol. The van der Waals surface area contributed by atoms with E-state index in [4.69, 9.17) is 16.3 Å². The molecular formula is C14H18ClFN2O4S. The topological polar surface area (TPSA) is 75.7 Å². The summed E-state index contributed by atoms with van der Waals surface area (Å²) in [6, 6.07) is 3.29. The summed E-state index contributed by atoms with van der Waals surface area (Å²) < 4.78 is 43.8. The Morgan fingerprint density at radius 3 is 2.74 bits per heavy atom. The number of nitrogens with zero attached hydrogens (tertiary/aromatic N) is 1. The van der Waals surface area contributed by atoms with Crippen molar-refractivity contribution < 1.29 is 22.3 Å². The van der Waals surface area contributed by atoms with Crippen molar-refractivity contribution >= 4 is 27.5 Å². The van der Waals surface area contributed by atoms with Gasteiger partial charge in [-0.05, 0) is 18.2 Å². The Balaban J connectivity index is 2.06. The van der Waals surface area contributed by atoms with Gasteiger partial charge in [0.05, 0.1) is 30.0 Å². The molecule has 1 aromatic carbocycles. The maximum absolute atomic E-state index is 13.4. The highest BCUT2D eigenvalue weighted by molar-refractivity contribution is 7.89. The van der Waals surface area contributed by atoms with Crippen LogP contribution in [-0.4, -0.2) is 57.7 Å². The van der Waals surface area contributed by atoms with Crippen LogP contribution in [0.2, 0.25) is 5.02 Å². The van der Waals surface area contributed by atoms with Gasteiger partial charge in [0.25, 0.3) is 5.91 Å². The normalized spacial score (nSPS) is 21.6. The van der Waals surface area contributed by atoms with Crippen molar-refractivity contribution in [2.75, 3.05) is 33.1 Å². The Morgan fingerprint density at radius 2 is 2.13 bits per heavy atom. The molecule has 1 fully saturated rings. The average Bonchev–Trinajstić information content (AvgIpc) is 2.88. The van der Waals surface area contributed by atoms with Crippen LogP contribution >= 0.6 is 11.6 Å². The van der Waals surface area contributed by atoms with Crippen LogP contribution in [0, 0.1) is 11.7 Å². The van der Waals surface area contributed by atoms with E-state index in [0.717, 1.165) is 10.4 Å². The minimum Gasteiger partial charge on any atom is -0.379 e. The summed E-state index contributed by atoms with van der Waals surface area (Å²) in [6.45, 7) is 0.461. The highest BCUT2D eigenvalue weighted by Crippen LogP contribution is 2.19. The van der Waals surface area contributed by atoms with Gasteiger partial charge in [0.1, 0.15) is 5.82 Å². The number of nitrogens with one attached hydrogen (secondary N) is 1. The Bertz CT molecular complexity index is 696. The first-order chi connectivity index (χ1) is 10.7. The summed E-state index contributed by atoms with van der Waals surface area (Å²) in [5.74, 6) is -1.67. The maximum Gasteiger partial charge on any atom is 0.251 e. The number of hydrogen-bond acceptors (Lipinski definition) is 4. The monoisotopic (exact) mass is 364 g/mol. The number of sulfonamides is 1. The molecule has 1 amide bonds. The molecule has 0 unspecified atom stereocenters. The maximum atomic E-state index is 13.4. The third-order valence-corrected chi connectivity index (χ3v) is 5.95. The van der Waals surface area contributed by atoms with Gasteiger partial charge in [-0.1, -0.05) is 11.6 Å². The SMILES string of the molecule is CN(C)S(=O)(=O)C[C@@H]1COC[C@H]1NC(=O)c1ccc(Cl)c(F)c1. The summed E-state index contributed by atoms with van der Waals surface area (Å²) in [5, 5.41) is 2.63. The van der Waals surface area contributed by atoms with Crippen molar-refractivity contribution in [1.29, 1.82) is 0 Å². The summed E-state index contributed by atoms with van der Waals surface area (Å²) >= 11 is 5.58. The van der Waals surface area contributed by atoms with E-state index in [1.807, 2.05) is 0 Å². The highest BCUT2D eigenvalue weighted by atomic mass is 35.5. The minimum absolute atomic E-state index is 0.0688. The van der Waals surface area contributed by atoms with E-state index in [2.05, 4.69) is 5.32 Å². The van der Waals surface area contributed by atoms with E-state index in [0.29, 0.717) is 0 Å². The number of hydrogen-bond donors (Lipinski definition) is 1. The molecule has 0 saturated carbocycles. The molecule has 0 aromatic heterocycles. The molecule has 0 radical (unpaired) electrons. The van der Waals surface area contributed by atoms with Crippen molar-refractivity contribution in [2.24, 2.45) is 5.92 Å². The van der Waals surface area contributed by atoms with Crippen LogP contribution in [0.4, 0.5) is 4.39 Å². The molecule has 0 bridgehead atoms. The second-order valence-electron chi connectivity index (χ2n) is 5.57. The summed E-state index contributed by atoms with van der Waals surface area (Å²) in [6.07, 6.45) is 0. The van der Waals surface area contributed by atoms with Crippen molar-refractivity contribution in [3.05, 3.63) is 34.6 Å². The van der Waals surface area contributed by atoms with Crippen molar-refractivity contribution in [2.45, 2.75) is 6.04 Å². The third-order valence-electron chi connectivity index (χ3n) is 3.68. The molecule has 1 N–H and O–H groups in total. The van der Waals surface area contributed by atoms with Gasteiger partial charge >= 0.3 is 0 Å². The lowest BCUT2D eigenvalue weighted by Crippen LogP contribution is -2.43. The minimum atomic E-state index is -3.40. The third kappa shape index (κ3) is 4.41. The number of carbonyl (C=O) groups is 1. The average molecular weight is 365 g/mol. The van der Waals surface area contributed by atoms with Crippen molar-refractivity contribution in [1.82, 2.24) is 9.62 Å². The lowest BCUT2D eigenvalue weighted by atomic mass is 10.1. The summed E-state index contributed by atoms with van der Waals surface area (Å²) in [5.41, 5.74) is 0.119. The molecule has 2 atom stereocenters. The summed E-state index contributed by atoms with van der Waals surface area (Å²) in [4.78, 5) is 12.2. The van der Waals surface area contributed by atoms with Crippen LogP contribution in [0.25, 0.3) is 0 Å². The van der Waals surface area contributed by atoms with Gasteiger partial charge in [-0.15, -0.1) is 0 Å². The Kier molecular flexibility index (Phi) is 5.61. The molecule has 1 saturated heterocycles. The predicted molar refractivity (Wildman–Crippen MR) is 84.4 cm³/mol. The van der Waals surface area contributed by atoms with Crippen LogP contribution in [0.3, 0.4) is 0 Å². The fourth-order valence-electron chi connectivity index (χ4n) is 2.23. The lowest BCUT2D eigenvalue weighted by Gasteiger charge is -2.21. The van der Waals surface area contributed by atoms with Gasteiger partial charge in [-0.25, -0.2) is 17.1 Å². The zero-order valence-corrected chi connectivity index (χ0v) is 14.3. The van der Waals surface area contributed by atoms with E-state index in [-0.39, 0.29) is 35.5 Å². The van der Waals surface area contributed by atoms with Gasteiger partial charge in [0.15, 0.2) is 0 Å². The van der Waals surface area contributed by atoms with Crippen LogP contribution < -0.4 is 5.32 Å². The molecule has 0 spiro atoms. The molecule has 1 aliphatic rings. The first-order valence-electron chi connectivity index (χ1n) is 6.94. The molecule has 2 rings (SSSR count). The molecule has 1 aliphatic heterocycles. The van der Waals surface area contributed by atoms with Crippen molar-refractivity contribution in [3.8, 4) is 0 Å². The van der Waals surface area contributed by atoms with E-state index in [1.54, 1.807) is 0 Å². The van der Waals surface area contributed by atoms with Crippen molar-refractivity contribution in [3.63, 3.8) is 0 Å². The molecule has 6 nitrogen and oxygen atoms in total. The molecule has 128 valence electrons. The molecule has 1 heterocycles. The lowest BCUT2D eigenvalue weighted by molar-refractivity contribution is 0.0925. The predicted octanol–water partition coefficient (Wildman–Crippen LogP) is 1.12. The second-order valence-corrected chi connectivity index (χ2v) is 8.20. The van der Waals surface area contributed by atoms with Crippen LogP contribution in [0.5, 0.6) is 0 Å². The Labute approximate surface area is 139 Å². The molecule has 9 heteroatoms. The van der Waals surface area contributed by atoms with Crippen LogP contribution in [-0.2, 0) is 14.8 Å². The first kappa shape index (κ1) is 18.1. The van der Waals surface area contributed by atoms with Crippen LogP contribution in [0.15, 0.2) is 18.2 Å². The van der Waals surface area contributed by atoms with E-state index in [9.17, 15) is 17.6 Å². The van der Waals surface area contributed by atoms with E-state index < -0.39 is 27.8 Å². The Morgan fingerprint density at radius 1 is 1.43 bits per heavy atom. The van der Waals surface area contributed by atoms with Gasteiger partial charge in [-0.2, -0.15) is 0 Å². The van der Waals surface area contributed by atoms with E-state index >= 15 is 0 Å². The van der Waals surface area contributed by atoms with Gasteiger partial charge in [-0.3, -0.25) is 4.79 Å².